The number of sulfonamides is 1. The van der Waals surface area contributed by atoms with E-state index in [1.165, 1.54) is 4.31 Å². The second-order valence-electron chi connectivity index (χ2n) is 7.59. The fourth-order valence-corrected chi connectivity index (χ4v) is 5.33. The lowest BCUT2D eigenvalue weighted by Gasteiger charge is -2.31. The molecule has 1 N–H and O–H groups in total. The summed E-state index contributed by atoms with van der Waals surface area (Å²) < 4.78 is 28.1. The van der Waals surface area contributed by atoms with Crippen molar-refractivity contribution in [1.82, 2.24) is 0 Å². The summed E-state index contributed by atoms with van der Waals surface area (Å²) in [5.41, 5.74) is 1.46. The highest BCUT2D eigenvalue weighted by molar-refractivity contribution is 7.92. The van der Waals surface area contributed by atoms with Crippen LogP contribution < -0.4 is 9.21 Å². The number of hydrogen-bond acceptors (Lipinski definition) is 4. The van der Waals surface area contributed by atoms with Crippen LogP contribution in [0.15, 0.2) is 53.4 Å². The predicted octanol–water partition coefficient (Wildman–Crippen LogP) is 4.15. The van der Waals surface area contributed by atoms with Gasteiger partial charge in [0.25, 0.3) is 10.0 Å². The van der Waals surface area contributed by atoms with Crippen LogP contribution in [0.25, 0.3) is 0 Å². The normalized spacial score (nSPS) is 15.8. The third-order valence-electron chi connectivity index (χ3n) is 4.91. The molecule has 5 nitrogen and oxygen atoms in total. The van der Waals surface area contributed by atoms with Gasteiger partial charge in [-0.3, -0.25) is 4.31 Å². The Balaban J connectivity index is 1.90. The van der Waals surface area contributed by atoms with Gasteiger partial charge in [-0.05, 0) is 55.2 Å². The van der Waals surface area contributed by atoms with Gasteiger partial charge in [-0.1, -0.05) is 37.6 Å². The molecular weight excluding hydrogens is 396 g/mol. The summed E-state index contributed by atoms with van der Waals surface area (Å²) in [6.45, 7) is 5.84. The molecule has 0 saturated carbocycles. The maximum atomic E-state index is 13.4. The number of benzene rings is 2. The van der Waals surface area contributed by atoms with E-state index in [2.05, 4.69) is 4.90 Å². The fourth-order valence-electron chi connectivity index (χ4n) is 3.39. The Morgan fingerprint density at radius 3 is 2.29 bits per heavy atom. The molecule has 0 unspecified atom stereocenters. The number of nitrogens with zero attached hydrogens (tertiary/aromatic N) is 2. The summed E-state index contributed by atoms with van der Waals surface area (Å²) in [4.78, 5) is 2.41. The highest BCUT2D eigenvalue weighted by atomic mass is 35.5. The zero-order valence-corrected chi connectivity index (χ0v) is 17.8. The van der Waals surface area contributed by atoms with Gasteiger partial charge in [0.15, 0.2) is 0 Å². The molecule has 3 rings (SSSR count). The highest BCUT2D eigenvalue weighted by Gasteiger charge is 2.27. The molecule has 2 aromatic rings. The summed E-state index contributed by atoms with van der Waals surface area (Å²) in [7, 11) is -3.74. The van der Waals surface area contributed by atoms with E-state index in [4.69, 9.17) is 11.6 Å². The van der Waals surface area contributed by atoms with Crippen LogP contribution in [0.5, 0.6) is 0 Å². The van der Waals surface area contributed by atoms with E-state index < -0.39 is 10.0 Å². The lowest BCUT2D eigenvalue weighted by atomic mass is 10.1. The van der Waals surface area contributed by atoms with Gasteiger partial charge in [-0.25, -0.2) is 8.42 Å². The van der Waals surface area contributed by atoms with E-state index in [1.807, 2.05) is 26.0 Å². The second kappa shape index (κ2) is 8.72. The second-order valence-corrected chi connectivity index (χ2v) is 9.86. The Labute approximate surface area is 172 Å². The first-order valence-corrected chi connectivity index (χ1v) is 11.4. The minimum Gasteiger partial charge on any atom is -0.393 e. The van der Waals surface area contributed by atoms with Crippen molar-refractivity contribution in [2.75, 3.05) is 28.8 Å². The Morgan fingerprint density at radius 2 is 1.71 bits per heavy atom. The first-order chi connectivity index (χ1) is 13.3. The number of rotatable bonds is 6. The molecule has 152 valence electrons. The zero-order chi connectivity index (χ0) is 20.3. The number of aliphatic hydroxyl groups is 1. The monoisotopic (exact) mass is 422 g/mol. The lowest BCUT2D eigenvalue weighted by Crippen LogP contribution is -2.36. The Hall–Kier alpha value is -1.76. The standard InChI is InChI=1S/C21H27ClN2O3S/c1-16(2)15-24(21-6-4-3-5-20(21)22)28(26,27)19-9-7-17(8-10-19)23-13-11-18(25)12-14-23/h3-10,16,18,25H,11-15H2,1-2H3. The van der Waals surface area contributed by atoms with Gasteiger partial charge in [0.1, 0.15) is 0 Å². The summed E-state index contributed by atoms with van der Waals surface area (Å²) in [5.74, 6) is 0.144. The number of piperidine rings is 1. The van der Waals surface area contributed by atoms with Crippen molar-refractivity contribution in [3.63, 3.8) is 0 Å². The summed E-state index contributed by atoms with van der Waals surface area (Å²) in [5, 5.41) is 10.1. The summed E-state index contributed by atoms with van der Waals surface area (Å²) >= 11 is 6.30. The SMILES string of the molecule is CC(C)CN(c1ccccc1Cl)S(=O)(=O)c1ccc(N2CCC(O)CC2)cc1. The molecule has 0 spiro atoms. The van der Waals surface area contributed by atoms with E-state index in [9.17, 15) is 13.5 Å². The summed E-state index contributed by atoms with van der Waals surface area (Å²) in [6, 6.07) is 14.0. The fraction of sp³-hybridized carbons (Fsp3) is 0.429. The first-order valence-electron chi connectivity index (χ1n) is 9.59. The van der Waals surface area contributed by atoms with E-state index >= 15 is 0 Å². The molecule has 1 heterocycles. The smallest absolute Gasteiger partial charge is 0.264 e. The number of anilines is 2. The van der Waals surface area contributed by atoms with Crippen LogP contribution in [-0.4, -0.2) is 39.3 Å². The maximum absolute atomic E-state index is 13.4. The van der Waals surface area contributed by atoms with E-state index in [0.717, 1.165) is 31.6 Å². The van der Waals surface area contributed by atoms with Crippen LogP contribution in [0.1, 0.15) is 26.7 Å². The van der Waals surface area contributed by atoms with Gasteiger partial charge in [-0.15, -0.1) is 0 Å². The van der Waals surface area contributed by atoms with Crippen LogP contribution in [0, 0.1) is 5.92 Å². The van der Waals surface area contributed by atoms with Crippen molar-refractivity contribution in [1.29, 1.82) is 0 Å². The summed E-state index contributed by atoms with van der Waals surface area (Å²) in [6.07, 6.45) is 1.22. The zero-order valence-electron chi connectivity index (χ0n) is 16.3. The largest absolute Gasteiger partial charge is 0.393 e. The molecule has 1 aliphatic heterocycles. The van der Waals surface area contributed by atoms with Crippen LogP contribution in [0.3, 0.4) is 0 Å². The maximum Gasteiger partial charge on any atom is 0.264 e. The molecule has 0 atom stereocenters. The van der Waals surface area contributed by atoms with E-state index in [1.54, 1.807) is 36.4 Å². The molecule has 0 aromatic heterocycles. The van der Waals surface area contributed by atoms with Crippen molar-refractivity contribution in [2.24, 2.45) is 5.92 Å². The van der Waals surface area contributed by atoms with Crippen molar-refractivity contribution in [3.05, 3.63) is 53.6 Å². The van der Waals surface area contributed by atoms with Gasteiger partial charge in [0.05, 0.1) is 21.7 Å². The van der Waals surface area contributed by atoms with Crippen molar-refractivity contribution in [2.45, 2.75) is 37.7 Å². The number of aliphatic hydroxyl groups excluding tert-OH is 1. The molecule has 1 saturated heterocycles. The Morgan fingerprint density at radius 1 is 1.11 bits per heavy atom. The molecule has 0 aliphatic carbocycles. The number of para-hydroxylation sites is 1. The van der Waals surface area contributed by atoms with Crippen molar-refractivity contribution >= 4 is 33.0 Å². The minimum absolute atomic E-state index is 0.144. The Kier molecular flexibility index (Phi) is 6.53. The van der Waals surface area contributed by atoms with Crippen LogP contribution >= 0.6 is 11.6 Å². The third-order valence-corrected chi connectivity index (χ3v) is 7.02. The predicted molar refractivity (Wildman–Crippen MR) is 115 cm³/mol. The van der Waals surface area contributed by atoms with Crippen molar-refractivity contribution in [3.8, 4) is 0 Å². The van der Waals surface area contributed by atoms with Crippen LogP contribution in [0.2, 0.25) is 5.02 Å². The molecule has 0 radical (unpaired) electrons. The van der Waals surface area contributed by atoms with E-state index in [0.29, 0.717) is 17.3 Å². The Bertz CT molecular complexity index is 892. The lowest BCUT2D eigenvalue weighted by molar-refractivity contribution is 0.145. The first kappa shape index (κ1) is 21.0. The topological polar surface area (TPSA) is 60.9 Å². The number of halogens is 1. The molecule has 1 aliphatic rings. The minimum atomic E-state index is -3.74. The van der Waals surface area contributed by atoms with Gasteiger partial charge in [0.2, 0.25) is 0 Å². The number of hydrogen-bond donors (Lipinski definition) is 1. The van der Waals surface area contributed by atoms with Crippen LogP contribution in [0.4, 0.5) is 11.4 Å². The molecule has 7 heteroatoms. The molecule has 2 aromatic carbocycles. The van der Waals surface area contributed by atoms with Gasteiger partial charge in [0, 0.05) is 25.3 Å². The van der Waals surface area contributed by atoms with Crippen molar-refractivity contribution < 1.29 is 13.5 Å². The third kappa shape index (κ3) is 4.62. The average Bonchev–Trinajstić information content (AvgIpc) is 2.67. The molecule has 1 fully saturated rings. The van der Waals surface area contributed by atoms with Crippen LogP contribution in [-0.2, 0) is 10.0 Å². The molecular formula is C21H27ClN2O3S. The van der Waals surface area contributed by atoms with Gasteiger partial charge in [-0.2, -0.15) is 0 Å². The average molecular weight is 423 g/mol. The van der Waals surface area contributed by atoms with Gasteiger partial charge < -0.3 is 10.0 Å². The molecule has 0 bridgehead atoms. The quantitative estimate of drug-likeness (QED) is 0.759. The molecule has 28 heavy (non-hydrogen) atoms. The highest BCUT2D eigenvalue weighted by Crippen LogP contribution is 2.32. The molecule has 0 amide bonds. The van der Waals surface area contributed by atoms with Gasteiger partial charge >= 0.3 is 0 Å². The van der Waals surface area contributed by atoms with E-state index in [-0.39, 0.29) is 16.9 Å².